The van der Waals surface area contributed by atoms with Crippen molar-refractivity contribution in [1.82, 2.24) is 4.31 Å². The average molecular weight is 457 g/mol. The Hall–Kier alpha value is -1.80. The van der Waals surface area contributed by atoms with E-state index in [2.05, 4.69) is 5.32 Å². The van der Waals surface area contributed by atoms with Gasteiger partial charge in [0.2, 0.25) is 10.0 Å². The molecule has 1 saturated heterocycles. The van der Waals surface area contributed by atoms with Crippen molar-refractivity contribution in [2.24, 2.45) is 0 Å². The number of hydrogen-bond acceptors (Lipinski definition) is 4. The van der Waals surface area contributed by atoms with Crippen molar-refractivity contribution in [3.63, 3.8) is 0 Å². The van der Waals surface area contributed by atoms with Crippen molar-refractivity contribution in [3.05, 3.63) is 52.0 Å². The number of nitrogens with one attached hydrogen (secondary N) is 1. The summed E-state index contributed by atoms with van der Waals surface area (Å²) in [5, 5.41) is 3.26. The third kappa shape index (κ3) is 5.04. The molecule has 0 atom stereocenters. The van der Waals surface area contributed by atoms with Crippen LogP contribution >= 0.6 is 23.2 Å². The Morgan fingerprint density at radius 1 is 1.03 bits per heavy atom. The highest BCUT2D eigenvalue weighted by Gasteiger charge is 2.27. The van der Waals surface area contributed by atoms with Crippen LogP contribution in [0.1, 0.15) is 36.0 Å². The lowest BCUT2D eigenvalue weighted by Gasteiger charge is -2.20. The van der Waals surface area contributed by atoms with Gasteiger partial charge in [0, 0.05) is 18.1 Å². The molecule has 1 N–H and O–H groups in total. The molecule has 0 saturated carbocycles. The summed E-state index contributed by atoms with van der Waals surface area (Å²) < 4.78 is 32.8. The van der Waals surface area contributed by atoms with Gasteiger partial charge in [-0.2, -0.15) is 4.31 Å². The van der Waals surface area contributed by atoms with Crippen LogP contribution in [0.3, 0.4) is 0 Å². The van der Waals surface area contributed by atoms with Gasteiger partial charge in [-0.05, 0) is 49.2 Å². The Morgan fingerprint density at radius 3 is 2.38 bits per heavy atom. The minimum absolute atomic E-state index is 0.0482. The number of methoxy groups -OCH3 is 1. The number of carbonyl (C=O) groups is 1. The van der Waals surface area contributed by atoms with Crippen LogP contribution in [0.5, 0.6) is 5.75 Å². The maximum atomic E-state index is 13.0. The largest absolute Gasteiger partial charge is 0.495 e. The van der Waals surface area contributed by atoms with E-state index in [0.29, 0.717) is 29.5 Å². The number of anilines is 1. The molecule has 0 radical (unpaired) electrons. The quantitative estimate of drug-likeness (QED) is 0.699. The second-order valence-corrected chi connectivity index (χ2v) is 9.54. The van der Waals surface area contributed by atoms with E-state index in [9.17, 15) is 13.2 Å². The van der Waals surface area contributed by atoms with Gasteiger partial charge < -0.3 is 10.1 Å². The number of carbonyl (C=O) groups excluding carboxylic acids is 1. The lowest BCUT2D eigenvalue weighted by molar-refractivity contribution is 0.102. The van der Waals surface area contributed by atoms with Crippen LogP contribution in [-0.2, 0) is 10.0 Å². The zero-order chi connectivity index (χ0) is 21.0. The van der Waals surface area contributed by atoms with Crippen LogP contribution in [0.4, 0.5) is 5.69 Å². The molecular formula is C20H22Cl2N2O4S. The first-order valence-electron chi connectivity index (χ1n) is 9.27. The van der Waals surface area contributed by atoms with Gasteiger partial charge in [0.25, 0.3) is 5.91 Å². The van der Waals surface area contributed by atoms with Gasteiger partial charge in [0.05, 0.1) is 28.3 Å². The molecule has 0 bridgehead atoms. The molecule has 29 heavy (non-hydrogen) atoms. The summed E-state index contributed by atoms with van der Waals surface area (Å²) in [6, 6.07) is 8.98. The number of benzene rings is 2. The second kappa shape index (κ2) is 9.34. The Kier molecular flexibility index (Phi) is 7.05. The fourth-order valence-corrected chi connectivity index (χ4v) is 5.16. The van der Waals surface area contributed by atoms with Gasteiger partial charge in [-0.3, -0.25) is 4.79 Å². The zero-order valence-corrected chi connectivity index (χ0v) is 18.3. The molecular weight excluding hydrogens is 435 g/mol. The molecule has 6 nitrogen and oxygen atoms in total. The third-order valence-electron chi connectivity index (χ3n) is 4.79. The summed E-state index contributed by atoms with van der Waals surface area (Å²) in [4.78, 5) is 12.9. The Balaban J connectivity index is 1.91. The molecule has 1 aliphatic rings. The summed E-state index contributed by atoms with van der Waals surface area (Å²) in [6.45, 7) is 0.957. The highest BCUT2D eigenvalue weighted by molar-refractivity contribution is 7.89. The van der Waals surface area contributed by atoms with E-state index in [1.54, 1.807) is 18.2 Å². The number of halogens is 2. The van der Waals surface area contributed by atoms with Gasteiger partial charge in [-0.25, -0.2) is 8.42 Å². The second-order valence-electron chi connectivity index (χ2n) is 6.76. The van der Waals surface area contributed by atoms with Crippen LogP contribution < -0.4 is 10.1 Å². The lowest BCUT2D eigenvalue weighted by Crippen LogP contribution is -2.32. The highest BCUT2D eigenvalue weighted by atomic mass is 35.5. The third-order valence-corrected chi connectivity index (χ3v) is 7.25. The van der Waals surface area contributed by atoms with E-state index in [1.165, 1.54) is 29.6 Å². The van der Waals surface area contributed by atoms with E-state index in [4.69, 9.17) is 27.9 Å². The van der Waals surface area contributed by atoms with Gasteiger partial charge in [0.1, 0.15) is 5.75 Å². The number of rotatable bonds is 5. The summed E-state index contributed by atoms with van der Waals surface area (Å²) in [5.74, 6) is -0.129. The smallest absolute Gasteiger partial charge is 0.257 e. The Bertz CT molecular complexity index is 1000. The van der Waals surface area contributed by atoms with Crippen LogP contribution in [0.15, 0.2) is 41.3 Å². The number of hydrogen-bond donors (Lipinski definition) is 1. The van der Waals surface area contributed by atoms with E-state index in [-0.39, 0.29) is 15.5 Å². The van der Waals surface area contributed by atoms with Crippen molar-refractivity contribution in [1.29, 1.82) is 0 Å². The molecule has 9 heteroatoms. The maximum absolute atomic E-state index is 13.0. The predicted octanol–water partition coefficient (Wildman–Crippen LogP) is 4.82. The molecule has 1 heterocycles. The molecule has 0 aliphatic carbocycles. The average Bonchev–Trinajstić information content (AvgIpc) is 2.98. The van der Waals surface area contributed by atoms with Crippen molar-refractivity contribution < 1.29 is 17.9 Å². The SMILES string of the molecule is COc1ccc(Cl)cc1NC(=O)c1cc(S(=O)(=O)N2CCCCCC2)ccc1Cl. The molecule has 1 aliphatic heterocycles. The molecule has 156 valence electrons. The standard InChI is InChI=1S/C20H22Cl2N2O4S/c1-28-19-9-6-14(21)12-18(19)23-20(25)16-13-15(7-8-17(16)22)29(26,27)24-10-4-2-3-5-11-24/h6-9,12-13H,2-5,10-11H2,1H3,(H,23,25). The van der Waals surface area contributed by atoms with Crippen LogP contribution in [-0.4, -0.2) is 38.8 Å². The molecule has 2 aromatic carbocycles. The Labute approximate surface area is 180 Å². The first kappa shape index (κ1) is 21.9. The summed E-state index contributed by atoms with van der Waals surface area (Å²) in [6.07, 6.45) is 3.69. The van der Waals surface area contributed by atoms with Crippen molar-refractivity contribution in [2.45, 2.75) is 30.6 Å². The number of amides is 1. The van der Waals surface area contributed by atoms with Crippen molar-refractivity contribution in [2.75, 3.05) is 25.5 Å². The van der Waals surface area contributed by atoms with Crippen LogP contribution in [0.2, 0.25) is 10.0 Å². The normalized spacial score (nSPS) is 15.6. The van der Waals surface area contributed by atoms with E-state index >= 15 is 0 Å². The minimum atomic E-state index is -3.70. The van der Waals surface area contributed by atoms with E-state index in [0.717, 1.165) is 25.7 Å². The molecule has 0 unspecified atom stereocenters. The molecule has 3 rings (SSSR count). The van der Waals surface area contributed by atoms with E-state index < -0.39 is 15.9 Å². The molecule has 1 amide bonds. The fourth-order valence-electron chi connectivity index (χ4n) is 3.24. The fraction of sp³-hybridized carbons (Fsp3) is 0.350. The summed E-state index contributed by atoms with van der Waals surface area (Å²) in [5.41, 5.74) is 0.423. The summed E-state index contributed by atoms with van der Waals surface area (Å²) >= 11 is 12.2. The van der Waals surface area contributed by atoms with Crippen LogP contribution in [0.25, 0.3) is 0 Å². The van der Waals surface area contributed by atoms with Crippen molar-refractivity contribution >= 4 is 44.8 Å². The Morgan fingerprint density at radius 2 is 1.72 bits per heavy atom. The zero-order valence-electron chi connectivity index (χ0n) is 16.0. The van der Waals surface area contributed by atoms with Crippen LogP contribution in [0, 0.1) is 0 Å². The first-order chi connectivity index (χ1) is 13.8. The maximum Gasteiger partial charge on any atom is 0.257 e. The van der Waals surface area contributed by atoms with Gasteiger partial charge in [-0.1, -0.05) is 36.0 Å². The highest BCUT2D eigenvalue weighted by Crippen LogP contribution is 2.30. The first-order valence-corrected chi connectivity index (χ1v) is 11.5. The van der Waals surface area contributed by atoms with E-state index in [1.807, 2.05) is 0 Å². The number of ether oxygens (including phenoxy) is 1. The predicted molar refractivity (Wildman–Crippen MR) is 115 cm³/mol. The van der Waals surface area contributed by atoms with Crippen molar-refractivity contribution in [3.8, 4) is 5.75 Å². The summed E-state index contributed by atoms with van der Waals surface area (Å²) in [7, 11) is -2.23. The molecule has 0 aromatic heterocycles. The number of sulfonamides is 1. The number of nitrogens with zero attached hydrogens (tertiary/aromatic N) is 1. The molecule has 2 aromatic rings. The van der Waals surface area contributed by atoms with Gasteiger partial charge >= 0.3 is 0 Å². The lowest BCUT2D eigenvalue weighted by atomic mass is 10.2. The topological polar surface area (TPSA) is 75.7 Å². The molecule has 1 fully saturated rings. The van der Waals surface area contributed by atoms with Gasteiger partial charge in [-0.15, -0.1) is 0 Å². The minimum Gasteiger partial charge on any atom is -0.495 e. The molecule has 0 spiro atoms. The van der Waals surface area contributed by atoms with Gasteiger partial charge in [0.15, 0.2) is 0 Å². The monoisotopic (exact) mass is 456 g/mol.